The van der Waals surface area contributed by atoms with Crippen molar-refractivity contribution in [3.8, 4) is 0 Å². The quantitative estimate of drug-likeness (QED) is 0.864. The number of rotatable bonds is 3. The van der Waals surface area contributed by atoms with Gasteiger partial charge < -0.3 is 19.4 Å². The van der Waals surface area contributed by atoms with Gasteiger partial charge in [0.1, 0.15) is 6.26 Å². The van der Waals surface area contributed by atoms with Gasteiger partial charge in [0.25, 0.3) is 6.01 Å². The minimum Gasteiger partial charge on any atom is -0.432 e. The van der Waals surface area contributed by atoms with Crippen LogP contribution in [0.15, 0.2) is 10.7 Å². The molecule has 0 aliphatic carbocycles. The number of nitrogens with one attached hydrogen (secondary N) is 1. The molecular weight excluding hydrogens is 218 g/mol. The van der Waals surface area contributed by atoms with E-state index < -0.39 is 0 Å². The zero-order valence-corrected chi connectivity index (χ0v) is 10.8. The Hall–Kier alpha value is -1.07. The third kappa shape index (κ3) is 3.71. The van der Waals surface area contributed by atoms with Crippen LogP contribution in [0, 0.1) is 0 Å². The number of anilines is 1. The first-order valence-corrected chi connectivity index (χ1v) is 6.07. The van der Waals surface area contributed by atoms with Crippen LogP contribution in [0.25, 0.3) is 0 Å². The van der Waals surface area contributed by atoms with Crippen LogP contribution in [0.2, 0.25) is 0 Å². The van der Waals surface area contributed by atoms with Crippen molar-refractivity contribution in [3.63, 3.8) is 0 Å². The molecule has 17 heavy (non-hydrogen) atoms. The summed E-state index contributed by atoms with van der Waals surface area (Å²) in [5.41, 5.74) is 1.04. The van der Waals surface area contributed by atoms with E-state index in [1.165, 1.54) is 0 Å². The van der Waals surface area contributed by atoms with Crippen molar-refractivity contribution < 1.29 is 9.15 Å². The Morgan fingerprint density at radius 1 is 1.35 bits per heavy atom. The van der Waals surface area contributed by atoms with Crippen molar-refractivity contribution in [1.82, 2.24) is 10.3 Å². The minimum atomic E-state index is 0.0953. The number of morpholine rings is 1. The normalized spacial score (nSPS) is 17.5. The predicted molar refractivity (Wildman–Crippen MR) is 66.1 cm³/mol. The molecule has 1 saturated heterocycles. The molecule has 0 aromatic carbocycles. The lowest BCUT2D eigenvalue weighted by atomic mass is 10.1. The molecule has 1 aromatic rings. The molecule has 0 amide bonds. The Morgan fingerprint density at radius 2 is 2.06 bits per heavy atom. The topological polar surface area (TPSA) is 50.5 Å². The Bertz CT molecular complexity index is 351. The van der Waals surface area contributed by atoms with E-state index in [1.807, 2.05) is 0 Å². The van der Waals surface area contributed by atoms with Crippen molar-refractivity contribution >= 4 is 6.01 Å². The number of ether oxygens (including phenoxy) is 1. The SMILES string of the molecule is CC(C)(C)NCc1coc(N2CCOCC2)n1. The maximum absolute atomic E-state index is 5.49. The fourth-order valence-electron chi connectivity index (χ4n) is 1.63. The lowest BCUT2D eigenvalue weighted by Gasteiger charge is -2.24. The van der Waals surface area contributed by atoms with Crippen LogP contribution in [0.5, 0.6) is 0 Å². The molecule has 1 N–H and O–H groups in total. The molecule has 1 aliphatic rings. The second-order valence-electron chi connectivity index (χ2n) is 5.32. The van der Waals surface area contributed by atoms with Gasteiger partial charge in [-0.25, -0.2) is 0 Å². The summed E-state index contributed by atoms with van der Waals surface area (Å²) in [5.74, 6) is 0. The fourth-order valence-corrected chi connectivity index (χ4v) is 1.63. The second kappa shape index (κ2) is 5.06. The second-order valence-corrected chi connectivity index (χ2v) is 5.32. The fraction of sp³-hybridized carbons (Fsp3) is 0.750. The van der Waals surface area contributed by atoms with E-state index in [1.54, 1.807) is 6.26 Å². The molecule has 5 nitrogen and oxygen atoms in total. The van der Waals surface area contributed by atoms with Crippen LogP contribution in [0.1, 0.15) is 26.5 Å². The van der Waals surface area contributed by atoms with Gasteiger partial charge in [-0.05, 0) is 20.8 Å². The third-order valence-electron chi connectivity index (χ3n) is 2.62. The summed E-state index contributed by atoms with van der Waals surface area (Å²) in [6.07, 6.45) is 1.73. The monoisotopic (exact) mass is 239 g/mol. The molecule has 1 aliphatic heterocycles. The zero-order valence-electron chi connectivity index (χ0n) is 10.8. The van der Waals surface area contributed by atoms with Crippen molar-refractivity contribution in [1.29, 1.82) is 0 Å². The number of hydrogen-bond donors (Lipinski definition) is 1. The molecule has 2 rings (SSSR count). The summed E-state index contributed by atoms with van der Waals surface area (Å²) in [7, 11) is 0. The molecule has 0 bridgehead atoms. The molecule has 1 fully saturated rings. The summed E-state index contributed by atoms with van der Waals surface area (Å²) < 4.78 is 10.8. The number of hydrogen-bond acceptors (Lipinski definition) is 5. The maximum atomic E-state index is 5.49. The zero-order chi connectivity index (χ0) is 12.3. The standard InChI is InChI=1S/C12H21N3O2/c1-12(2,3)13-8-10-9-17-11(14-10)15-4-6-16-7-5-15/h9,13H,4-8H2,1-3H3. The van der Waals surface area contributed by atoms with Gasteiger partial charge in [0.2, 0.25) is 0 Å². The largest absolute Gasteiger partial charge is 0.432 e. The van der Waals surface area contributed by atoms with Gasteiger partial charge in [0.15, 0.2) is 0 Å². The molecule has 0 unspecified atom stereocenters. The van der Waals surface area contributed by atoms with Crippen LogP contribution in [0.4, 0.5) is 6.01 Å². The van der Waals surface area contributed by atoms with E-state index in [2.05, 4.69) is 36.0 Å². The molecule has 2 heterocycles. The number of aromatic nitrogens is 1. The maximum Gasteiger partial charge on any atom is 0.297 e. The van der Waals surface area contributed by atoms with Crippen LogP contribution in [0.3, 0.4) is 0 Å². The highest BCUT2D eigenvalue weighted by Gasteiger charge is 2.17. The first-order chi connectivity index (χ1) is 8.04. The summed E-state index contributed by atoms with van der Waals surface area (Å²) >= 11 is 0. The van der Waals surface area contributed by atoms with Gasteiger partial charge in [-0.2, -0.15) is 4.98 Å². The van der Waals surface area contributed by atoms with E-state index in [0.29, 0.717) is 6.01 Å². The molecule has 96 valence electrons. The highest BCUT2D eigenvalue weighted by Crippen LogP contribution is 2.15. The highest BCUT2D eigenvalue weighted by atomic mass is 16.5. The first-order valence-electron chi connectivity index (χ1n) is 6.07. The Labute approximate surface area is 102 Å². The molecule has 0 radical (unpaired) electrons. The van der Waals surface area contributed by atoms with Gasteiger partial charge >= 0.3 is 0 Å². The van der Waals surface area contributed by atoms with Gasteiger partial charge in [-0.15, -0.1) is 0 Å². The van der Waals surface area contributed by atoms with Crippen molar-refractivity contribution in [3.05, 3.63) is 12.0 Å². The molecular formula is C12H21N3O2. The van der Waals surface area contributed by atoms with Gasteiger partial charge in [-0.3, -0.25) is 0 Å². The Morgan fingerprint density at radius 3 is 2.71 bits per heavy atom. The average Bonchev–Trinajstić information content (AvgIpc) is 2.75. The van der Waals surface area contributed by atoms with Crippen LogP contribution < -0.4 is 10.2 Å². The molecule has 1 aromatic heterocycles. The van der Waals surface area contributed by atoms with Crippen molar-refractivity contribution in [2.75, 3.05) is 31.2 Å². The van der Waals surface area contributed by atoms with Crippen LogP contribution in [-0.4, -0.2) is 36.8 Å². The summed E-state index contributed by atoms with van der Waals surface area (Å²) in [6, 6.07) is 0.707. The predicted octanol–water partition coefficient (Wildman–Crippen LogP) is 1.40. The molecule has 0 spiro atoms. The lowest BCUT2D eigenvalue weighted by Crippen LogP contribution is -2.36. The molecule has 5 heteroatoms. The van der Waals surface area contributed by atoms with E-state index >= 15 is 0 Å². The average molecular weight is 239 g/mol. The van der Waals surface area contributed by atoms with Crippen LogP contribution >= 0.6 is 0 Å². The Balaban J connectivity index is 1.91. The number of nitrogens with zero attached hydrogens (tertiary/aromatic N) is 2. The van der Waals surface area contributed by atoms with E-state index in [4.69, 9.17) is 9.15 Å². The van der Waals surface area contributed by atoms with Gasteiger partial charge in [0.05, 0.1) is 18.9 Å². The van der Waals surface area contributed by atoms with Crippen molar-refractivity contribution in [2.45, 2.75) is 32.9 Å². The Kier molecular flexibility index (Phi) is 3.69. The van der Waals surface area contributed by atoms with Gasteiger partial charge in [-0.1, -0.05) is 0 Å². The van der Waals surface area contributed by atoms with Crippen LogP contribution in [-0.2, 0) is 11.3 Å². The molecule has 0 atom stereocenters. The summed E-state index contributed by atoms with van der Waals surface area (Å²) in [4.78, 5) is 6.59. The number of oxazole rings is 1. The first kappa shape index (κ1) is 12.4. The smallest absolute Gasteiger partial charge is 0.297 e. The summed E-state index contributed by atoms with van der Waals surface area (Å²) in [6.45, 7) is 10.3. The van der Waals surface area contributed by atoms with E-state index in [-0.39, 0.29) is 5.54 Å². The van der Waals surface area contributed by atoms with E-state index in [9.17, 15) is 0 Å². The summed E-state index contributed by atoms with van der Waals surface area (Å²) in [5, 5.41) is 3.39. The van der Waals surface area contributed by atoms with Crippen molar-refractivity contribution in [2.24, 2.45) is 0 Å². The highest BCUT2D eigenvalue weighted by molar-refractivity contribution is 5.27. The minimum absolute atomic E-state index is 0.0953. The van der Waals surface area contributed by atoms with Gasteiger partial charge in [0, 0.05) is 25.2 Å². The molecule has 0 saturated carbocycles. The lowest BCUT2D eigenvalue weighted by molar-refractivity contribution is 0.120. The van der Waals surface area contributed by atoms with E-state index in [0.717, 1.165) is 38.5 Å². The third-order valence-corrected chi connectivity index (χ3v) is 2.62.